The number of hydrogen-bond donors (Lipinski definition) is 1. The van der Waals surface area contributed by atoms with Crippen LogP contribution in [-0.4, -0.2) is 87.5 Å². The Balaban J connectivity index is 0.00000264. The highest BCUT2D eigenvalue weighted by atomic mass is 127. The van der Waals surface area contributed by atoms with Gasteiger partial charge in [0, 0.05) is 58.5 Å². The molecular weight excluding hydrogens is 407 g/mol. The number of nitrogens with one attached hydrogen (secondary N) is 1. The monoisotopic (exact) mass is 440 g/mol. The molecule has 7 heteroatoms. The zero-order valence-corrected chi connectivity index (χ0v) is 17.0. The first-order valence-corrected chi connectivity index (χ1v) is 8.78. The highest BCUT2D eigenvalue weighted by Crippen LogP contribution is 2.17. The lowest BCUT2D eigenvalue weighted by molar-refractivity contribution is 0.0195. The van der Waals surface area contributed by atoms with Crippen molar-refractivity contribution in [1.29, 1.82) is 0 Å². The molecule has 2 rings (SSSR count). The van der Waals surface area contributed by atoms with Gasteiger partial charge in [0.05, 0.1) is 13.2 Å². The van der Waals surface area contributed by atoms with Gasteiger partial charge in [-0.05, 0) is 26.7 Å². The summed E-state index contributed by atoms with van der Waals surface area (Å²) >= 11 is 0. The van der Waals surface area contributed by atoms with Gasteiger partial charge in [0.2, 0.25) is 0 Å². The van der Waals surface area contributed by atoms with Gasteiger partial charge in [-0.3, -0.25) is 9.89 Å². The fourth-order valence-corrected chi connectivity index (χ4v) is 3.10. The van der Waals surface area contributed by atoms with Gasteiger partial charge >= 0.3 is 0 Å². The molecule has 0 radical (unpaired) electrons. The number of nitrogens with zero attached hydrogens (tertiary/aromatic N) is 3. The summed E-state index contributed by atoms with van der Waals surface area (Å²) in [5.41, 5.74) is 0. The van der Waals surface area contributed by atoms with E-state index in [1.54, 1.807) is 0 Å². The third kappa shape index (κ3) is 7.11. The number of hydrogen-bond acceptors (Lipinski definition) is 4. The Morgan fingerprint density at radius 2 is 2.04 bits per heavy atom. The highest BCUT2D eigenvalue weighted by molar-refractivity contribution is 14.0. The molecule has 23 heavy (non-hydrogen) atoms. The van der Waals surface area contributed by atoms with Crippen molar-refractivity contribution in [2.24, 2.45) is 4.99 Å². The summed E-state index contributed by atoms with van der Waals surface area (Å²) < 4.78 is 10.8. The average molecular weight is 440 g/mol. The van der Waals surface area contributed by atoms with Crippen LogP contribution in [-0.2, 0) is 9.47 Å². The Morgan fingerprint density at radius 1 is 1.26 bits per heavy atom. The Bertz CT molecular complexity index is 338. The first-order chi connectivity index (χ1) is 10.8. The summed E-state index contributed by atoms with van der Waals surface area (Å²) in [7, 11) is 0. The number of halogens is 1. The molecule has 0 amide bonds. The second-order valence-electron chi connectivity index (χ2n) is 5.82. The maximum atomic E-state index is 5.45. The van der Waals surface area contributed by atoms with E-state index in [4.69, 9.17) is 14.5 Å². The van der Waals surface area contributed by atoms with Crippen LogP contribution in [0.15, 0.2) is 4.99 Å². The van der Waals surface area contributed by atoms with Crippen molar-refractivity contribution < 1.29 is 9.47 Å². The molecule has 0 bridgehead atoms. The molecule has 0 aromatic carbocycles. The standard InChI is InChI=1S/C16H32N4O2.HI/c1-3-17-16(18-7-5-11-21-4-2)20-8-6-15(14-20)19-9-12-22-13-10-19;/h15H,3-14H2,1-2H3,(H,17,18);1H. The van der Waals surface area contributed by atoms with Gasteiger partial charge in [0.15, 0.2) is 5.96 Å². The molecule has 0 aromatic rings. The summed E-state index contributed by atoms with van der Waals surface area (Å²) in [4.78, 5) is 9.73. The third-order valence-corrected chi connectivity index (χ3v) is 4.27. The van der Waals surface area contributed by atoms with Crippen LogP contribution in [0.1, 0.15) is 26.7 Å². The number of likely N-dealkylation sites (tertiary alicyclic amines) is 1. The zero-order chi connectivity index (χ0) is 15.6. The lowest BCUT2D eigenvalue weighted by Gasteiger charge is -2.32. The largest absolute Gasteiger partial charge is 0.382 e. The van der Waals surface area contributed by atoms with Crippen molar-refractivity contribution in [2.75, 3.05) is 65.7 Å². The molecule has 2 aliphatic heterocycles. The average Bonchev–Trinajstić information content (AvgIpc) is 3.04. The number of rotatable bonds is 7. The van der Waals surface area contributed by atoms with Gasteiger partial charge in [0.1, 0.15) is 0 Å². The summed E-state index contributed by atoms with van der Waals surface area (Å²) in [5.74, 6) is 1.06. The fourth-order valence-electron chi connectivity index (χ4n) is 3.10. The minimum Gasteiger partial charge on any atom is -0.382 e. The number of guanidine groups is 1. The number of aliphatic imine (C=N–C) groups is 1. The van der Waals surface area contributed by atoms with Crippen LogP contribution in [0.5, 0.6) is 0 Å². The van der Waals surface area contributed by atoms with E-state index in [1.165, 1.54) is 6.42 Å². The molecule has 6 nitrogen and oxygen atoms in total. The van der Waals surface area contributed by atoms with E-state index >= 15 is 0 Å². The van der Waals surface area contributed by atoms with Crippen LogP contribution in [0.25, 0.3) is 0 Å². The minimum atomic E-state index is 0. The van der Waals surface area contributed by atoms with Crippen LogP contribution in [0.4, 0.5) is 0 Å². The van der Waals surface area contributed by atoms with E-state index in [9.17, 15) is 0 Å². The maximum absolute atomic E-state index is 5.45. The van der Waals surface area contributed by atoms with E-state index < -0.39 is 0 Å². The van der Waals surface area contributed by atoms with Crippen LogP contribution < -0.4 is 5.32 Å². The van der Waals surface area contributed by atoms with E-state index in [0.717, 1.165) is 78.1 Å². The van der Waals surface area contributed by atoms with Gasteiger partial charge in [0.25, 0.3) is 0 Å². The van der Waals surface area contributed by atoms with Crippen LogP contribution in [0.2, 0.25) is 0 Å². The molecule has 1 atom stereocenters. The van der Waals surface area contributed by atoms with Gasteiger partial charge in [-0.2, -0.15) is 0 Å². The molecule has 0 aliphatic carbocycles. The smallest absolute Gasteiger partial charge is 0.193 e. The van der Waals surface area contributed by atoms with Crippen molar-refractivity contribution in [2.45, 2.75) is 32.7 Å². The van der Waals surface area contributed by atoms with Gasteiger partial charge in [-0.15, -0.1) is 24.0 Å². The quantitative estimate of drug-likeness (QED) is 0.281. The van der Waals surface area contributed by atoms with Crippen molar-refractivity contribution in [1.82, 2.24) is 15.1 Å². The van der Waals surface area contributed by atoms with Crippen molar-refractivity contribution in [3.8, 4) is 0 Å². The molecule has 2 saturated heterocycles. The highest BCUT2D eigenvalue weighted by Gasteiger charge is 2.30. The van der Waals surface area contributed by atoms with Gasteiger partial charge in [-0.1, -0.05) is 0 Å². The normalized spacial score (nSPS) is 23.0. The molecule has 136 valence electrons. The fraction of sp³-hybridized carbons (Fsp3) is 0.938. The van der Waals surface area contributed by atoms with Crippen LogP contribution in [0.3, 0.4) is 0 Å². The Labute approximate surface area is 158 Å². The predicted molar refractivity (Wildman–Crippen MR) is 105 cm³/mol. The molecule has 0 saturated carbocycles. The minimum absolute atomic E-state index is 0. The Morgan fingerprint density at radius 3 is 2.74 bits per heavy atom. The zero-order valence-electron chi connectivity index (χ0n) is 14.6. The molecule has 2 fully saturated rings. The van der Waals surface area contributed by atoms with Gasteiger partial charge in [-0.25, -0.2) is 0 Å². The molecule has 2 heterocycles. The summed E-state index contributed by atoms with van der Waals surface area (Å²) in [6.07, 6.45) is 2.22. The van der Waals surface area contributed by atoms with Crippen molar-refractivity contribution in [3.63, 3.8) is 0 Å². The first kappa shape index (κ1) is 20.9. The Hall–Kier alpha value is -0.120. The lowest BCUT2D eigenvalue weighted by atomic mass is 10.2. The van der Waals surface area contributed by atoms with Gasteiger partial charge < -0.3 is 19.7 Å². The van der Waals surface area contributed by atoms with E-state index in [0.29, 0.717) is 6.04 Å². The Kier molecular flexibility index (Phi) is 11.2. The topological polar surface area (TPSA) is 49.3 Å². The summed E-state index contributed by atoms with van der Waals surface area (Å²) in [6, 6.07) is 0.649. The summed E-state index contributed by atoms with van der Waals surface area (Å²) in [6.45, 7) is 13.6. The first-order valence-electron chi connectivity index (χ1n) is 8.78. The van der Waals surface area contributed by atoms with Crippen LogP contribution >= 0.6 is 24.0 Å². The SMILES string of the molecule is CCNC(=NCCCOCC)N1CCC(N2CCOCC2)C1.I. The van der Waals surface area contributed by atoms with Crippen molar-refractivity contribution in [3.05, 3.63) is 0 Å². The molecule has 2 aliphatic rings. The third-order valence-electron chi connectivity index (χ3n) is 4.27. The second kappa shape index (κ2) is 12.3. The maximum Gasteiger partial charge on any atom is 0.193 e. The van der Waals surface area contributed by atoms with E-state index in [-0.39, 0.29) is 24.0 Å². The number of morpholine rings is 1. The molecule has 1 unspecified atom stereocenters. The second-order valence-corrected chi connectivity index (χ2v) is 5.82. The molecule has 0 aromatic heterocycles. The lowest BCUT2D eigenvalue weighted by Crippen LogP contribution is -2.46. The van der Waals surface area contributed by atoms with E-state index in [2.05, 4.69) is 22.0 Å². The van der Waals surface area contributed by atoms with E-state index in [1.807, 2.05) is 6.92 Å². The number of ether oxygens (including phenoxy) is 2. The molecule has 0 spiro atoms. The van der Waals surface area contributed by atoms with Crippen molar-refractivity contribution >= 4 is 29.9 Å². The predicted octanol–water partition coefficient (Wildman–Crippen LogP) is 1.40. The summed E-state index contributed by atoms with van der Waals surface area (Å²) in [5, 5.41) is 3.43. The van der Waals surface area contributed by atoms with Crippen LogP contribution in [0, 0.1) is 0 Å². The molecular formula is C16H33IN4O2. The molecule has 1 N–H and O–H groups in total.